The molecule has 2 fully saturated rings. The number of rotatable bonds is 7. The summed E-state index contributed by atoms with van der Waals surface area (Å²) in [6, 6.07) is 13.9. The molecule has 0 aromatic heterocycles. The molecule has 2 heterocycles. The summed E-state index contributed by atoms with van der Waals surface area (Å²) in [5.74, 6) is 0.829. The van der Waals surface area contributed by atoms with E-state index in [0.29, 0.717) is 48.8 Å². The van der Waals surface area contributed by atoms with E-state index in [-0.39, 0.29) is 37.0 Å². The van der Waals surface area contributed by atoms with Crippen molar-refractivity contribution in [3.8, 4) is 11.5 Å². The smallest absolute Gasteiger partial charge is 0.332 e. The van der Waals surface area contributed by atoms with E-state index >= 15 is 0 Å². The third-order valence-corrected chi connectivity index (χ3v) is 6.05. The Kier molecular flexibility index (Phi) is 6.79. The molecule has 4 amide bonds. The van der Waals surface area contributed by atoms with Crippen LogP contribution in [0.2, 0.25) is 0 Å². The average molecular weight is 453 g/mol. The van der Waals surface area contributed by atoms with Gasteiger partial charge in [0.25, 0.3) is 5.91 Å². The fourth-order valence-corrected chi connectivity index (χ4v) is 4.32. The molecule has 1 N–H and O–H groups in total. The van der Waals surface area contributed by atoms with E-state index in [0.717, 1.165) is 0 Å². The molecule has 2 aromatic rings. The number of amides is 4. The first-order chi connectivity index (χ1) is 16.0. The third kappa shape index (κ3) is 4.93. The summed E-state index contributed by atoms with van der Waals surface area (Å²) in [5, 5.41) is 2.89. The zero-order valence-electron chi connectivity index (χ0n) is 18.8. The fourth-order valence-electron chi connectivity index (χ4n) is 4.32. The number of carbonyl (C=O) groups excluding carboxylic acids is 3. The van der Waals surface area contributed by atoms with Crippen molar-refractivity contribution < 1.29 is 23.9 Å². The Balaban J connectivity index is 1.30. The molecule has 2 aliphatic rings. The van der Waals surface area contributed by atoms with E-state index in [4.69, 9.17) is 9.47 Å². The first-order valence-corrected chi connectivity index (χ1v) is 10.9. The number of hydrogen-bond acceptors (Lipinski definition) is 6. The van der Waals surface area contributed by atoms with Crippen LogP contribution in [0.5, 0.6) is 11.5 Å². The maximum atomic E-state index is 12.9. The predicted molar refractivity (Wildman–Crippen MR) is 124 cm³/mol. The number of benzene rings is 2. The van der Waals surface area contributed by atoms with Crippen LogP contribution >= 0.6 is 0 Å². The molecule has 9 nitrogen and oxygen atoms in total. The minimum absolute atomic E-state index is 0.0174. The van der Waals surface area contributed by atoms with Gasteiger partial charge in [0, 0.05) is 25.2 Å². The molecule has 0 saturated carbocycles. The van der Waals surface area contributed by atoms with Gasteiger partial charge < -0.3 is 19.7 Å². The first kappa shape index (κ1) is 22.6. The number of carbonyl (C=O) groups is 3. The second-order valence-electron chi connectivity index (χ2n) is 8.10. The van der Waals surface area contributed by atoms with Crippen LogP contribution in [0.25, 0.3) is 0 Å². The zero-order chi connectivity index (χ0) is 23.4. The Hall–Kier alpha value is -3.59. The Bertz CT molecular complexity index is 1020. The van der Waals surface area contributed by atoms with Gasteiger partial charge in [0.2, 0.25) is 5.91 Å². The van der Waals surface area contributed by atoms with E-state index in [9.17, 15) is 14.4 Å². The Morgan fingerprint density at radius 1 is 1.03 bits per heavy atom. The maximum Gasteiger partial charge on any atom is 0.332 e. The van der Waals surface area contributed by atoms with Gasteiger partial charge in [-0.3, -0.25) is 14.5 Å². The molecule has 0 radical (unpaired) electrons. The fraction of sp³-hybridized carbons (Fsp3) is 0.375. The van der Waals surface area contributed by atoms with Crippen molar-refractivity contribution in [1.82, 2.24) is 9.80 Å². The zero-order valence-corrected chi connectivity index (χ0v) is 18.8. The lowest BCUT2D eigenvalue weighted by molar-refractivity contribution is -0.117. The molecule has 33 heavy (non-hydrogen) atoms. The monoisotopic (exact) mass is 452 g/mol. The van der Waals surface area contributed by atoms with E-state index in [1.807, 2.05) is 18.2 Å². The van der Waals surface area contributed by atoms with E-state index in [1.54, 1.807) is 49.5 Å². The van der Waals surface area contributed by atoms with Gasteiger partial charge in [-0.15, -0.1) is 0 Å². The Morgan fingerprint density at radius 3 is 2.42 bits per heavy atom. The normalized spacial score (nSPS) is 17.4. The molecule has 0 aliphatic carbocycles. The van der Waals surface area contributed by atoms with Crippen LogP contribution in [0.4, 0.5) is 16.2 Å². The number of para-hydroxylation sites is 1. The summed E-state index contributed by atoms with van der Waals surface area (Å²) >= 11 is 0. The van der Waals surface area contributed by atoms with Gasteiger partial charge in [-0.05, 0) is 37.1 Å². The predicted octanol–water partition coefficient (Wildman–Crippen LogP) is 2.58. The lowest BCUT2D eigenvalue weighted by atomic mass is 10.0. The number of piperidine rings is 1. The lowest BCUT2D eigenvalue weighted by Gasteiger charge is -2.35. The highest BCUT2D eigenvalue weighted by atomic mass is 16.5. The van der Waals surface area contributed by atoms with Gasteiger partial charge in [-0.1, -0.05) is 18.2 Å². The quantitative estimate of drug-likeness (QED) is 0.650. The molecule has 2 aliphatic heterocycles. The van der Waals surface area contributed by atoms with Crippen LogP contribution < -0.4 is 19.7 Å². The van der Waals surface area contributed by atoms with Crippen LogP contribution in [-0.2, 0) is 9.59 Å². The summed E-state index contributed by atoms with van der Waals surface area (Å²) in [6.07, 6.45) is 1.42. The number of ether oxygens (including phenoxy) is 2. The number of anilines is 2. The minimum Gasteiger partial charge on any atom is -0.497 e. The molecule has 0 unspecified atom stereocenters. The van der Waals surface area contributed by atoms with Crippen molar-refractivity contribution in [2.24, 2.45) is 0 Å². The number of likely N-dealkylation sites (tertiary alicyclic amines) is 1. The van der Waals surface area contributed by atoms with Gasteiger partial charge in [0.05, 0.1) is 32.1 Å². The van der Waals surface area contributed by atoms with Crippen molar-refractivity contribution in [1.29, 1.82) is 0 Å². The van der Waals surface area contributed by atoms with Gasteiger partial charge in [-0.2, -0.15) is 0 Å². The first-order valence-electron chi connectivity index (χ1n) is 10.9. The Morgan fingerprint density at radius 2 is 1.76 bits per heavy atom. The summed E-state index contributed by atoms with van der Waals surface area (Å²) in [5.41, 5.74) is 1.18. The molecule has 0 atom stereocenters. The van der Waals surface area contributed by atoms with E-state index in [1.165, 1.54) is 4.90 Å². The van der Waals surface area contributed by atoms with Crippen LogP contribution in [0.3, 0.4) is 0 Å². The van der Waals surface area contributed by atoms with Crippen molar-refractivity contribution >= 4 is 29.2 Å². The molecular weight excluding hydrogens is 424 g/mol. The molecule has 2 saturated heterocycles. The van der Waals surface area contributed by atoms with E-state index < -0.39 is 0 Å². The van der Waals surface area contributed by atoms with Gasteiger partial charge >= 0.3 is 6.03 Å². The standard InChI is InChI=1S/C24H28N4O5/c1-32-19-8-9-20(21(14-19)33-2)25-22(29)15-26-12-10-17(11-13-26)27-16-23(30)28(24(27)31)18-6-4-3-5-7-18/h3-9,14,17H,10-13,15-16H2,1-2H3,(H,25,29). The van der Waals surface area contributed by atoms with Crippen LogP contribution in [0.1, 0.15) is 12.8 Å². The summed E-state index contributed by atoms with van der Waals surface area (Å²) in [7, 11) is 3.11. The van der Waals surface area contributed by atoms with Gasteiger partial charge in [0.15, 0.2) is 0 Å². The molecule has 0 spiro atoms. The van der Waals surface area contributed by atoms with Crippen molar-refractivity contribution in [2.75, 3.05) is 50.6 Å². The van der Waals surface area contributed by atoms with Crippen LogP contribution in [0, 0.1) is 0 Å². The highest BCUT2D eigenvalue weighted by molar-refractivity contribution is 6.19. The second kappa shape index (κ2) is 9.91. The summed E-state index contributed by atoms with van der Waals surface area (Å²) in [4.78, 5) is 43.0. The molecule has 0 bridgehead atoms. The third-order valence-electron chi connectivity index (χ3n) is 6.05. The maximum absolute atomic E-state index is 12.9. The molecule has 2 aromatic carbocycles. The van der Waals surface area contributed by atoms with E-state index in [2.05, 4.69) is 10.2 Å². The largest absolute Gasteiger partial charge is 0.497 e. The van der Waals surface area contributed by atoms with Crippen LogP contribution in [-0.4, -0.2) is 74.1 Å². The summed E-state index contributed by atoms with van der Waals surface area (Å²) in [6.45, 7) is 1.67. The average Bonchev–Trinajstić information content (AvgIpc) is 3.14. The highest BCUT2D eigenvalue weighted by Gasteiger charge is 2.41. The lowest BCUT2D eigenvalue weighted by Crippen LogP contribution is -2.48. The molecule has 9 heteroatoms. The van der Waals surface area contributed by atoms with Crippen molar-refractivity contribution in [2.45, 2.75) is 18.9 Å². The SMILES string of the molecule is COc1ccc(NC(=O)CN2CCC(N3CC(=O)N(c4ccccc4)C3=O)CC2)c(OC)c1. The number of imide groups is 1. The second-order valence-corrected chi connectivity index (χ2v) is 8.10. The van der Waals surface area contributed by atoms with Crippen LogP contribution in [0.15, 0.2) is 48.5 Å². The van der Waals surface area contributed by atoms with Gasteiger partial charge in [-0.25, -0.2) is 9.69 Å². The van der Waals surface area contributed by atoms with Crippen molar-refractivity contribution in [3.05, 3.63) is 48.5 Å². The number of hydrogen-bond donors (Lipinski definition) is 1. The topological polar surface area (TPSA) is 91.4 Å². The number of methoxy groups -OCH3 is 2. The number of nitrogens with zero attached hydrogens (tertiary/aromatic N) is 3. The Labute approximate surface area is 192 Å². The summed E-state index contributed by atoms with van der Waals surface area (Å²) < 4.78 is 10.5. The molecule has 4 rings (SSSR count). The highest BCUT2D eigenvalue weighted by Crippen LogP contribution is 2.29. The molecular formula is C24H28N4O5. The minimum atomic E-state index is -0.269. The van der Waals surface area contributed by atoms with Crippen molar-refractivity contribution in [3.63, 3.8) is 0 Å². The molecule has 174 valence electrons. The number of nitrogens with one attached hydrogen (secondary N) is 1. The van der Waals surface area contributed by atoms with Gasteiger partial charge in [0.1, 0.15) is 18.0 Å². The number of urea groups is 1.